The standard InChI is InChI=1S/C10H15N5O4/c1-4-5(2)14-15-9(11-4)13-10(19)12-7(6(3)16)8(17)18/h6-7,16H,1-3H3,(H,17,18)(H2,11,12,13,15,19)/t6-,7+/m1/s1. The second kappa shape index (κ2) is 6.05. The molecule has 0 aliphatic carbocycles. The number of carboxylic acid groups (broad SMARTS) is 1. The lowest BCUT2D eigenvalue weighted by Gasteiger charge is -2.16. The van der Waals surface area contributed by atoms with Gasteiger partial charge in [-0.15, -0.1) is 5.10 Å². The largest absolute Gasteiger partial charge is 0.480 e. The summed E-state index contributed by atoms with van der Waals surface area (Å²) >= 11 is 0. The first-order chi connectivity index (χ1) is 8.81. The zero-order valence-electron chi connectivity index (χ0n) is 10.7. The van der Waals surface area contributed by atoms with Crippen molar-refractivity contribution in [3.8, 4) is 0 Å². The molecule has 0 bridgehead atoms. The lowest BCUT2D eigenvalue weighted by atomic mass is 10.2. The number of hydrogen-bond acceptors (Lipinski definition) is 6. The molecule has 0 aromatic carbocycles. The molecule has 2 amide bonds. The van der Waals surface area contributed by atoms with Crippen molar-refractivity contribution in [1.82, 2.24) is 20.5 Å². The number of aliphatic hydroxyl groups is 1. The number of aryl methyl sites for hydroxylation is 2. The summed E-state index contributed by atoms with van der Waals surface area (Å²) in [5.74, 6) is -1.39. The number of nitrogens with one attached hydrogen (secondary N) is 2. The van der Waals surface area contributed by atoms with Gasteiger partial charge in [-0.2, -0.15) is 5.10 Å². The number of carboxylic acids is 1. The van der Waals surface area contributed by atoms with Crippen LogP contribution in [-0.2, 0) is 4.79 Å². The Morgan fingerprint density at radius 1 is 1.21 bits per heavy atom. The van der Waals surface area contributed by atoms with Crippen LogP contribution in [-0.4, -0.2) is 49.5 Å². The van der Waals surface area contributed by atoms with Crippen molar-refractivity contribution in [3.05, 3.63) is 11.4 Å². The first-order valence-corrected chi connectivity index (χ1v) is 5.47. The maximum Gasteiger partial charge on any atom is 0.328 e. The minimum Gasteiger partial charge on any atom is -0.480 e. The van der Waals surface area contributed by atoms with Crippen molar-refractivity contribution in [1.29, 1.82) is 0 Å². The summed E-state index contributed by atoms with van der Waals surface area (Å²) in [5.41, 5.74) is 1.22. The predicted molar refractivity (Wildman–Crippen MR) is 64.6 cm³/mol. The molecule has 9 heteroatoms. The van der Waals surface area contributed by atoms with E-state index in [1.807, 2.05) is 0 Å². The summed E-state index contributed by atoms with van der Waals surface area (Å²) in [7, 11) is 0. The first-order valence-electron chi connectivity index (χ1n) is 5.47. The SMILES string of the molecule is Cc1nnc(NC(=O)N[C@H](C(=O)O)[C@@H](C)O)nc1C. The van der Waals surface area contributed by atoms with E-state index >= 15 is 0 Å². The zero-order chi connectivity index (χ0) is 14.6. The van der Waals surface area contributed by atoms with Gasteiger partial charge in [0.2, 0.25) is 0 Å². The molecule has 1 aromatic heterocycles. The number of aromatic nitrogens is 3. The maximum absolute atomic E-state index is 11.5. The fourth-order valence-electron chi connectivity index (χ4n) is 1.18. The van der Waals surface area contributed by atoms with Crippen molar-refractivity contribution in [2.75, 3.05) is 5.32 Å². The van der Waals surface area contributed by atoms with Gasteiger partial charge < -0.3 is 15.5 Å². The van der Waals surface area contributed by atoms with Gasteiger partial charge in [0.15, 0.2) is 6.04 Å². The molecule has 1 aromatic rings. The molecule has 0 fully saturated rings. The molecule has 9 nitrogen and oxygen atoms in total. The summed E-state index contributed by atoms with van der Waals surface area (Å²) in [5, 5.41) is 29.7. The van der Waals surface area contributed by atoms with Crippen LogP contribution < -0.4 is 10.6 Å². The molecule has 0 unspecified atom stereocenters. The van der Waals surface area contributed by atoms with Crippen LogP contribution in [0, 0.1) is 13.8 Å². The number of carbonyl (C=O) groups excluding carboxylic acids is 1. The van der Waals surface area contributed by atoms with E-state index in [0.717, 1.165) is 0 Å². The van der Waals surface area contributed by atoms with Gasteiger partial charge >= 0.3 is 12.0 Å². The van der Waals surface area contributed by atoms with E-state index < -0.39 is 24.1 Å². The van der Waals surface area contributed by atoms with Gasteiger partial charge in [-0.1, -0.05) is 0 Å². The molecule has 1 rings (SSSR count). The average Bonchev–Trinajstić information content (AvgIpc) is 2.30. The molecule has 0 aliphatic heterocycles. The molecular weight excluding hydrogens is 254 g/mol. The number of anilines is 1. The van der Waals surface area contributed by atoms with Crippen LogP contribution in [0.15, 0.2) is 0 Å². The second-order valence-electron chi connectivity index (χ2n) is 3.96. The summed E-state index contributed by atoms with van der Waals surface area (Å²) in [6.07, 6.45) is -1.23. The Bertz CT molecular complexity index is 491. The fourth-order valence-corrected chi connectivity index (χ4v) is 1.18. The Labute approximate surface area is 109 Å². The van der Waals surface area contributed by atoms with E-state index in [1.165, 1.54) is 6.92 Å². The monoisotopic (exact) mass is 269 g/mol. The third kappa shape index (κ3) is 4.14. The predicted octanol–water partition coefficient (Wildman–Crippen LogP) is -0.556. The third-order valence-corrected chi connectivity index (χ3v) is 2.35. The van der Waals surface area contributed by atoms with E-state index in [0.29, 0.717) is 11.4 Å². The number of nitrogens with zero attached hydrogens (tertiary/aromatic N) is 3. The van der Waals surface area contributed by atoms with Crippen molar-refractivity contribution in [2.45, 2.75) is 32.9 Å². The Kier molecular flexibility index (Phi) is 4.70. The van der Waals surface area contributed by atoms with Crippen molar-refractivity contribution < 1.29 is 19.8 Å². The molecule has 0 aliphatic rings. The van der Waals surface area contributed by atoms with Gasteiger partial charge in [-0.25, -0.2) is 14.6 Å². The summed E-state index contributed by atoms with van der Waals surface area (Å²) < 4.78 is 0. The topological polar surface area (TPSA) is 137 Å². The van der Waals surface area contributed by atoms with Gasteiger partial charge in [0, 0.05) is 0 Å². The van der Waals surface area contributed by atoms with Crippen molar-refractivity contribution in [2.24, 2.45) is 0 Å². The molecule has 0 radical (unpaired) electrons. The molecule has 2 atom stereocenters. The highest BCUT2D eigenvalue weighted by atomic mass is 16.4. The average molecular weight is 269 g/mol. The number of amides is 2. The number of aliphatic carboxylic acids is 1. The van der Waals surface area contributed by atoms with Gasteiger partial charge in [0.25, 0.3) is 5.95 Å². The third-order valence-electron chi connectivity index (χ3n) is 2.35. The molecule has 0 saturated carbocycles. The minimum atomic E-state index is -1.42. The quantitative estimate of drug-likeness (QED) is 0.575. The minimum absolute atomic E-state index is 0.0460. The van der Waals surface area contributed by atoms with Gasteiger partial charge in [0.1, 0.15) is 0 Å². The van der Waals surface area contributed by atoms with Crippen LogP contribution >= 0.6 is 0 Å². The van der Waals surface area contributed by atoms with Crippen LogP contribution in [0.5, 0.6) is 0 Å². The summed E-state index contributed by atoms with van der Waals surface area (Å²) in [6, 6.07) is -2.25. The Morgan fingerprint density at radius 3 is 2.32 bits per heavy atom. The smallest absolute Gasteiger partial charge is 0.328 e. The van der Waals surface area contributed by atoms with Crippen LogP contribution in [0.25, 0.3) is 0 Å². The molecule has 19 heavy (non-hydrogen) atoms. The first kappa shape index (κ1) is 14.8. The van der Waals surface area contributed by atoms with Crippen LogP contribution in [0.3, 0.4) is 0 Å². The summed E-state index contributed by atoms with van der Waals surface area (Å²) in [4.78, 5) is 26.3. The fraction of sp³-hybridized carbons (Fsp3) is 0.500. The van der Waals surface area contributed by atoms with Crippen LogP contribution in [0.2, 0.25) is 0 Å². The zero-order valence-corrected chi connectivity index (χ0v) is 10.7. The molecule has 0 spiro atoms. The normalized spacial score (nSPS) is 13.5. The summed E-state index contributed by atoms with van der Waals surface area (Å²) in [6.45, 7) is 4.67. The molecule has 4 N–H and O–H groups in total. The number of rotatable bonds is 4. The number of hydrogen-bond donors (Lipinski definition) is 4. The molecule has 1 heterocycles. The van der Waals surface area contributed by atoms with Crippen LogP contribution in [0.4, 0.5) is 10.7 Å². The number of aliphatic hydroxyl groups excluding tert-OH is 1. The lowest BCUT2D eigenvalue weighted by molar-refractivity contribution is -0.141. The highest BCUT2D eigenvalue weighted by Gasteiger charge is 2.25. The number of carbonyl (C=O) groups is 2. The Hall–Kier alpha value is -2.29. The second-order valence-corrected chi connectivity index (χ2v) is 3.96. The highest BCUT2D eigenvalue weighted by Crippen LogP contribution is 2.02. The molecular formula is C10H15N5O4. The molecule has 104 valence electrons. The maximum atomic E-state index is 11.5. The van der Waals surface area contributed by atoms with Gasteiger partial charge in [-0.3, -0.25) is 5.32 Å². The van der Waals surface area contributed by atoms with E-state index in [9.17, 15) is 14.7 Å². The van der Waals surface area contributed by atoms with Gasteiger partial charge in [0.05, 0.1) is 17.5 Å². The Balaban J connectivity index is 2.69. The van der Waals surface area contributed by atoms with Crippen LogP contribution in [0.1, 0.15) is 18.3 Å². The van der Waals surface area contributed by atoms with E-state index in [4.69, 9.17) is 5.11 Å². The van der Waals surface area contributed by atoms with E-state index in [-0.39, 0.29) is 5.95 Å². The highest BCUT2D eigenvalue weighted by molar-refractivity contribution is 5.90. The Morgan fingerprint density at radius 2 is 1.84 bits per heavy atom. The lowest BCUT2D eigenvalue weighted by Crippen LogP contribution is -2.49. The van der Waals surface area contributed by atoms with Crippen molar-refractivity contribution in [3.63, 3.8) is 0 Å². The van der Waals surface area contributed by atoms with E-state index in [1.54, 1.807) is 13.8 Å². The van der Waals surface area contributed by atoms with E-state index in [2.05, 4.69) is 25.8 Å². The number of urea groups is 1. The van der Waals surface area contributed by atoms with Gasteiger partial charge in [-0.05, 0) is 20.8 Å². The van der Waals surface area contributed by atoms with Crippen molar-refractivity contribution >= 4 is 17.9 Å². The molecule has 0 saturated heterocycles.